The molecule has 282 valence electrons. The Hall–Kier alpha value is -4.55. The Labute approximate surface area is 313 Å². The van der Waals surface area contributed by atoms with Crippen molar-refractivity contribution in [3.05, 3.63) is 89.5 Å². The van der Waals surface area contributed by atoms with Crippen LogP contribution in [0, 0.1) is 5.82 Å². The SMILES string of the molecule is COc1ccc(Cn2nc(NC3CCC(O[Si](C)(C)C(C)(C)C)CC3)c3c(-c4ccc(CNC(=O)c5cnc(C(C)(C)C)o5)c(F)c4)ccnc32)cc1. The quantitative estimate of drug-likeness (QED) is 0.129. The molecule has 2 N–H and O–H groups in total. The number of rotatable bonds is 11. The van der Waals surface area contributed by atoms with Gasteiger partial charge < -0.3 is 24.2 Å². The van der Waals surface area contributed by atoms with Gasteiger partial charge in [0.25, 0.3) is 5.91 Å². The molecule has 0 bridgehead atoms. The fourth-order valence-electron chi connectivity index (χ4n) is 6.41. The summed E-state index contributed by atoms with van der Waals surface area (Å²) in [5, 5.41) is 12.6. The maximum Gasteiger partial charge on any atom is 0.288 e. The number of hydrogen-bond acceptors (Lipinski definition) is 8. The van der Waals surface area contributed by atoms with Gasteiger partial charge in [-0.15, -0.1) is 0 Å². The summed E-state index contributed by atoms with van der Waals surface area (Å²) in [5.74, 6) is 1.19. The van der Waals surface area contributed by atoms with Gasteiger partial charge in [-0.3, -0.25) is 4.79 Å². The van der Waals surface area contributed by atoms with Crippen LogP contribution in [0.5, 0.6) is 5.75 Å². The highest BCUT2D eigenvalue weighted by Gasteiger charge is 2.40. The van der Waals surface area contributed by atoms with Gasteiger partial charge in [0.05, 0.1) is 25.2 Å². The van der Waals surface area contributed by atoms with Crippen molar-refractivity contribution in [2.24, 2.45) is 0 Å². The standard InChI is InChI=1S/C41H53FN6O4Si/c1-40(2,3)39-45-24-34(51-39)38(49)44-23-28-13-12-27(22-33(28)42)32-20-21-43-37-35(32)36(47-48(37)25-26-10-16-30(50-7)17-11-26)46-29-14-18-31(19-15-29)52-53(8,9)41(4,5)6/h10-13,16-17,20-22,24,29,31H,14-15,18-19,23,25H2,1-9H3,(H,44,49)(H,46,47). The fourth-order valence-corrected chi connectivity index (χ4v) is 7.83. The lowest BCUT2D eigenvalue weighted by Crippen LogP contribution is -2.45. The van der Waals surface area contributed by atoms with Crippen molar-refractivity contribution in [2.45, 2.75) is 116 Å². The first-order valence-electron chi connectivity index (χ1n) is 18.5. The summed E-state index contributed by atoms with van der Waals surface area (Å²) in [4.78, 5) is 21.8. The van der Waals surface area contributed by atoms with Gasteiger partial charge in [-0.05, 0) is 84.8 Å². The zero-order chi connectivity index (χ0) is 38.1. The first-order valence-corrected chi connectivity index (χ1v) is 21.4. The van der Waals surface area contributed by atoms with Gasteiger partial charge in [0.2, 0.25) is 11.7 Å². The van der Waals surface area contributed by atoms with Gasteiger partial charge in [0, 0.05) is 35.9 Å². The van der Waals surface area contributed by atoms with Crippen molar-refractivity contribution in [2.75, 3.05) is 12.4 Å². The highest BCUT2D eigenvalue weighted by atomic mass is 28.4. The molecular formula is C41H53FN6O4Si. The van der Waals surface area contributed by atoms with E-state index in [1.807, 2.05) is 61.9 Å². The normalized spacial score (nSPS) is 16.9. The highest BCUT2D eigenvalue weighted by molar-refractivity contribution is 6.74. The summed E-state index contributed by atoms with van der Waals surface area (Å²) in [5.41, 5.74) is 3.28. The number of anilines is 1. The Balaban J connectivity index is 1.25. The number of fused-ring (bicyclic) bond motifs is 1. The number of methoxy groups -OCH3 is 1. The second kappa shape index (κ2) is 15.1. The number of oxazole rings is 1. The zero-order valence-electron chi connectivity index (χ0n) is 32.5. The van der Waals surface area contributed by atoms with E-state index in [-0.39, 0.29) is 34.9 Å². The average molecular weight is 741 g/mol. The van der Waals surface area contributed by atoms with Crippen LogP contribution in [0.15, 0.2) is 65.3 Å². The number of carbonyl (C=O) groups is 1. The van der Waals surface area contributed by atoms with Crippen LogP contribution in [0.1, 0.15) is 94.8 Å². The number of pyridine rings is 1. The first kappa shape index (κ1) is 38.2. The predicted molar refractivity (Wildman–Crippen MR) is 209 cm³/mol. The Morgan fingerprint density at radius 2 is 1.72 bits per heavy atom. The van der Waals surface area contributed by atoms with E-state index < -0.39 is 20.0 Å². The lowest BCUT2D eigenvalue weighted by molar-refractivity contribution is 0.0919. The fraction of sp³-hybridized carbons (Fsp3) is 0.463. The van der Waals surface area contributed by atoms with Crippen molar-refractivity contribution in [1.82, 2.24) is 25.1 Å². The summed E-state index contributed by atoms with van der Waals surface area (Å²) >= 11 is 0. The number of benzene rings is 2. The molecule has 53 heavy (non-hydrogen) atoms. The van der Waals surface area contributed by atoms with E-state index in [1.54, 1.807) is 19.4 Å². The number of ether oxygens (including phenoxy) is 1. The summed E-state index contributed by atoms with van der Waals surface area (Å²) in [6.07, 6.45) is 7.29. The van der Waals surface area contributed by atoms with E-state index in [4.69, 9.17) is 23.7 Å². The second-order valence-electron chi connectivity index (χ2n) is 16.7. The van der Waals surface area contributed by atoms with Crippen molar-refractivity contribution in [3.63, 3.8) is 0 Å². The largest absolute Gasteiger partial charge is 0.497 e. The maximum atomic E-state index is 15.7. The molecule has 10 nitrogen and oxygen atoms in total. The van der Waals surface area contributed by atoms with Crippen molar-refractivity contribution < 1.29 is 22.8 Å². The molecule has 0 unspecified atom stereocenters. The Bertz CT molecular complexity index is 2050. The van der Waals surface area contributed by atoms with Gasteiger partial charge >= 0.3 is 0 Å². The Morgan fingerprint density at radius 1 is 1.00 bits per heavy atom. The molecule has 0 aliphatic heterocycles. The molecule has 12 heteroatoms. The first-order chi connectivity index (χ1) is 25.0. The smallest absolute Gasteiger partial charge is 0.288 e. The summed E-state index contributed by atoms with van der Waals surface area (Å²) in [6.45, 7) is 17.8. The van der Waals surface area contributed by atoms with Crippen LogP contribution in [-0.4, -0.2) is 53.2 Å². The molecule has 6 rings (SSSR count). The minimum Gasteiger partial charge on any atom is -0.497 e. The van der Waals surface area contributed by atoms with E-state index in [1.165, 1.54) is 12.3 Å². The lowest BCUT2D eigenvalue weighted by Gasteiger charge is -2.41. The van der Waals surface area contributed by atoms with Crippen molar-refractivity contribution >= 4 is 31.1 Å². The van der Waals surface area contributed by atoms with Crippen LogP contribution in [0.25, 0.3) is 22.2 Å². The van der Waals surface area contributed by atoms with Gasteiger partial charge in [0.15, 0.2) is 19.8 Å². The number of halogens is 1. The molecule has 0 saturated heterocycles. The molecule has 1 aliphatic rings. The number of hydrogen-bond donors (Lipinski definition) is 2. The molecule has 0 spiro atoms. The van der Waals surface area contributed by atoms with Gasteiger partial charge in [-0.25, -0.2) is 19.0 Å². The molecule has 1 aliphatic carbocycles. The number of nitrogens with zero attached hydrogens (tertiary/aromatic N) is 4. The molecule has 0 radical (unpaired) electrons. The second-order valence-corrected chi connectivity index (χ2v) is 21.4. The summed E-state index contributed by atoms with van der Waals surface area (Å²) in [6, 6.07) is 15.1. The van der Waals surface area contributed by atoms with Crippen LogP contribution in [0.4, 0.5) is 10.2 Å². The number of aromatic nitrogens is 4. The van der Waals surface area contributed by atoms with Gasteiger partial charge in [-0.2, -0.15) is 5.10 Å². The molecule has 1 amide bonds. The van der Waals surface area contributed by atoms with Crippen LogP contribution >= 0.6 is 0 Å². The van der Waals surface area contributed by atoms with E-state index in [0.717, 1.165) is 53.8 Å². The topological polar surface area (TPSA) is 116 Å². The third-order valence-corrected chi connectivity index (χ3v) is 15.1. The molecule has 1 fully saturated rings. The van der Waals surface area contributed by atoms with Crippen LogP contribution in [-0.2, 0) is 22.9 Å². The zero-order valence-corrected chi connectivity index (χ0v) is 33.5. The van der Waals surface area contributed by atoms with Crippen molar-refractivity contribution in [3.8, 4) is 16.9 Å². The van der Waals surface area contributed by atoms with E-state index >= 15 is 4.39 Å². The van der Waals surface area contributed by atoms with E-state index in [2.05, 4.69) is 49.5 Å². The van der Waals surface area contributed by atoms with Crippen LogP contribution < -0.4 is 15.4 Å². The van der Waals surface area contributed by atoms with Crippen LogP contribution in [0.2, 0.25) is 18.1 Å². The minimum atomic E-state index is -1.86. The molecular weight excluding hydrogens is 688 g/mol. The Kier molecular flexibility index (Phi) is 10.8. The van der Waals surface area contributed by atoms with E-state index in [0.29, 0.717) is 29.2 Å². The van der Waals surface area contributed by atoms with Gasteiger partial charge in [0.1, 0.15) is 11.6 Å². The monoisotopic (exact) mass is 740 g/mol. The third kappa shape index (κ3) is 8.65. The third-order valence-electron chi connectivity index (χ3n) is 10.6. The van der Waals surface area contributed by atoms with Crippen molar-refractivity contribution in [1.29, 1.82) is 0 Å². The molecule has 3 heterocycles. The summed E-state index contributed by atoms with van der Waals surface area (Å²) in [7, 11) is -0.209. The molecule has 5 aromatic rings. The molecule has 2 aromatic carbocycles. The van der Waals surface area contributed by atoms with Gasteiger partial charge in [-0.1, -0.05) is 65.8 Å². The maximum absolute atomic E-state index is 15.7. The highest BCUT2D eigenvalue weighted by Crippen LogP contribution is 2.40. The molecule has 0 atom stereocenters. The summed E-state index contributed by atoms with van der Waals surface area (Å²) < 4.78 is 35.4. The minimum absolute atomic E-state index is 0.00331. The number of amides is 1. The van der Waals surface area contributed by atoms with E-state index in [9.17, 15) is 4.79 Å². The van der Waals surface area contributed by atoms with Crippen LogP contribution in [0.3, 0.4) is 0 Å². The average Bonchev–Trinajstić information content (AvgIpc) is 3.75. The molecule has 1 saturated carbocycles. The predicted octanol–water partition coefficient (Wildman–Crippen LogP) is 9.25. The number of nitrogens with one attached hydrogen (secondary N) is 2. The molecule has 3 aromatic heterocycles. The Morgan fingerprint density at radius 3 is 2.34 bits per heavy atom. The number of carbonyl (C=O) groups excluding carboxylic acids is 1. The lowest BCUT2D eigenvalue weighted by atomic mass is 9.93.